The summed E-state index contributed by atoms with van der Waals surface area (Å²) in [4.78, 5) is 16.7. The van der Waals surface area contributed by atoms with Crippen LogP contribution in [0, 0.1) is 5.92 Å². The van der Waals surface area contributed by atoms with Crippen molar-refractivity contribution >= 4 is 15.9 Å². The number of benzene rings is 2. The maximum Gasteiger partial charge on any atom is 0.416 e. The van der Waals surface area contributed by atoms with Gasteiger partial charge in [0, 0.05) is 38.6 Å². The Hall–Kier alpha value is -2.43. The van der Waals surface area contributed by atoms with Gasteiger partial charge in [0.15, 0.2) is 0 Å². The van der Waals surface area contributed by atoms with Gasteiger partial charge in [-0.2, -0.15) is 17.5 Å². The van der Waals surface area contributed by atoms with Gasteiger partial charge in [0.25, 0.3) is 0 Å². The Morgan fingerprint density at radius 2 is 1.65 bits per heavy atom. The lowest BCUT2D eigenvalue weighted by atomic mass is 9.96. The average molecular weight is 498 g/mol. The van der Waals surface area contributed by atoms with Gasteiger partial charge < -0.3 is 9.80 Å². The lowest BCUT2D eigenvalue weighted by Gasteiger charge is -2.34. The van der Waals surface area contributed by atoms with Crippen LogP contribution in [0.15, 0.2) is 59.5 Å². The summed E-state index contributed by atoms with van der Waals surface area (Å²) in [5.41, 5.74) is 0.00949. The third-order valence-electron chi connectivity index (χ3n) is 5.95. The molecule has 0 N–H and O–H groups in total. The molecular weight excluding hydrogens is 467 g/mol. The summed E-state index contributed by atoms with van der Waals surface area (Å²) in [5, 5.41) is 0. The molecule has 1 fully saturated rings. The van der Waals surface area contributed by atoms with Gasteiger partial charge in [0.1, 0.15) is 0 Å². The van der Waals surface area contributed by atoms with Crippen molar-refractivity contribution in [3.8, 4) is 0 Å². The van der Waals surface area contributed by atoms with Crippen LogP contribution >= 0.6 is 0 Å². The summed E-state index contributed by atoms with van der Waals surface area (Å²) < 4.78 is 66.2. The van der Waals surface area contributed by atoms with Crippen molar-refractivity contribution in [3.63, 3.8) is 0 Å². The second kappa shape index (κ2) is 10.9. The van der Waals surface area contributed by atoms with E-state index in [0.717, 1.165) is 17.7 Å². The Bertz CT molecular complexity index is 1070. The largest absolute Gasteiger partial charge is 0.416 e. The number of sulfonamides is 1. The van der Waals surface area contributed by atoms with E-state index in [9.17, 15) is 26.4 Å². The number of amides is 1. The molecule has 0 saturated carbocycles. The fraction of sp³-hybridized carbons (Fsp3) is 0.458. The SMILES string of the molecule is CN(C)CCN(Cc1ccccc1)C(=O)C1CCN(S(=O)(=O)c2cccc(C(F)(F)F)c2)CC1. The number of nitrogens with zero attached hydrogens (tertiary/aromatic N) is 3. The minimum absolute atomic E-state index is 0.0261. The van der Waals surface area contributed by atoms with Crippen molar-refractivity contribution in [1.82, 2.24) is 14.1 Å². The van der Waals surface area contributed by atoms with Gasteiger partial charge in [0.05, 0.1) is 10.5 Å². The number of likely N-dealkylation sites (N-methyl/N-ethyl adjacent to an activating group) is 1. The standard InChI is InChI=1S/C24H30F3N3O3S/c1-28(2)15-16-29(18-19-7-4-3-5-8-19)23(31)20-11-13-30(14-12-20)34(32,33)22-10-6-9-21(17-22)24(25,26)27/h3-10,17,20H,11-16,18H2,1-2H3. The summed E-state index contributed by atoms with van der Waals surface area (Å²) in [6, 6.07) is 13.4. The van der Waals surface area contributed by atoms with Gasteiger partial charge in [-0.25, -0.2) is 8.42 Å². The summed E-state index contributed by atoms with van der Waals surface area (Å²) in [5.74, 6) is -0.361. The fourth-order valence-corrected chi connectivity index (χ4v) is 5.49. The van der Waals surface area contributed by atoms with Crippen LogP contribution in [0.4, 0.5) is 13.2 Å². The molecule has 186 valence electrons. The normalized spacial score (nSPS) is 16.1. The van der Waals surface area contributed by atoms with Crippen LogP contribution in [0.25, 0.3) is 0 Å². The van der Waals surface area contributed by atoms with E-state index < -0.39 is 21.8 Å². The zero-order chi connectivity index (χ0) is 24.9. The number of carbonyl (C=O) groups is 1. The summed E-state index contributed by atoms with van der Waals surface area (Å²) in [6.07, 6.45) is -3.98. The van der Waals surface area contributed by atoms with Crippen molar-refractivity contribution in [2.45, 2.75) is 30.5 Å². The third kappa shape index (κ3) is 6.58. The Kier molecular flexibility index (Phi) is 8.38. The van der Waals surface area contributed by atoms with Gasteiger partial charge in [-0.1, -0.05) is 36.4 Å². The van der Waals surface area contributed by atoms with Crippen molar-refractivity contribution in [2.24, 2.45) is 5.92 Å². The number of hydrogen-bond acceptors (Lipinski definition) is 4. The summed E-state index contributed by atoms with van der Waals surface area (Å²) >= 11 is 0. The highest BCUT2D eigenvalue weighted by Crippen LogP contribution is 2.32. The first-order valence-corrected chi connectivity index (χ1v) is 12.6. The van der Waals surface area contributed by atoms with E-state index in [1.54, 1.807) is 4.90 Å². The molecule has 0 unspecified atom stereocenters. The predicted octanol–water partition coefficient (Wildman–Crippen LogP) is 3.70. The van der Waals surface area contributed by atoms with Crippen LogP contribution < -0.4 is 0 Å². The van der Waals surface area contributed by atoms with Crippen molar-refractivity contribution in [2.75, 3.05) is 40.3 Å². The van der Waals surface area contributed by atoms with Crippen LogP contribution in [0.5, 0.6) is 0 Å². The molecule has 1 heterocycles. The van der Waals surface area contributed by atoms with Crippen LogP contribution in [-0.4, -0.2) is 68.7 Å². The van der Waals surface area contributed by atoms with Crippen molar-refractivity contribution in [1.29, 1.82) is 0 Å². The first-order valence-electron chi connectivity index (χ1n) is 11.1. The summed E-state index contributed by atoms with van der Waals surface area (Å²) in [7, 11) is -0.217. The molecule has 10 heteroatoms. The molecule has 0 bridgehead atoms. The van der Waals surface area contributed by atoms with E-state index in [-0.39, 0.29) is 29.8 Å². The number of halogens is 3. The lowest BCUT2D eigenvalue weighted by Crippen LogP contribution is -2.45. The maximum absolute atomic E-state index is 13.3. The average Bonchev–Trinajstić information content (AvgIpc) is 2.81. The topological polar surface area (TPSA) is 60.9 Å². The van der Waals surface area contributed by atoms with E-state index in [4.69, 9.17) is 0 Å². The van der Waals surface area contributed by atoms with Crippen LogP contribution in [0.1, 0.15) is 24.0 Å². The first-order chi connectivity index (χ1) is 16.0. The molecule has 2 aromatic rings. The van der Waals surface area contributed by atoms with Gasteiger partial charge in [-0.3, -0.25) is 4.79 Å². The van der Waals surface area contributed by atoms with E-state index in [1.807, 2.05) is 49.3 Å². The lowest BCUT2D eigenvalue weighted by molar-refractivity contribution is -0.138. The number of piperidine rings is 1. The molecule has 6 nitrogen and oxygen atoms in total. The number of hydrogen-bond donors (Lipinski definition) is 0. The highest BCUT2D eigenvalue weighted by Gasteiger charge is 2.36. The second-order valence-corrected chi connectivity index (χ2v) is 10.7. The smallest absolute Gasteiger partial charge is 0.337 e. The minimum atomic E-state index is -4.63. The van der Waals surface area contributed by atoms with Gasteiger partial charge in [0.2, 0.25) is 15.9 Å². The predicted molar refractivity (Wildman–Crippen MR) is 123 cm³/mol. The second-order valence-electron chi connectivity index (χ2n) is 8.75. The zero-order valence-corrected chi connectivity index (χ0v) is 20.1. The number of rotatable bonds is 8. The molecule has 0 spiro atoms. The Labute approximate surface area is 199 Å². The maximum atomic E-state index is 13.3. The highest BCUT2D eigenvalue weighted by atomic mass is 32.2. The van der Waals surface area contributed by atoms with Crippen LogP contribution in [0.2, 0.25) is 0 Å². The molecule has 3 rings (SSSR count). The molecule has 1 amide bonds. The summed E-state index contributed by atoms with van der Waals surface area (Å²) in [6.45, 7) is 1.88. The molecule has 1 aliphatic heterocycles. The molecule has 0 aromatic heterocycles. The fourth-order valence-electron chi connectivity index (χ4n) is 3.97. The molecular formula is C24H30F3N3O3S. The molecule has 0 aliphatic carbocycles. The molecule has 2 aromatic carbocycles. The van der Waals surface area contributed by atoms with Crippen molar-refractivity contribution < 1.29 is 26.4 Å². The van der Waals surface area contributed by atoms with Gasteiger partial charge in [-0.15, -0.1) is 0 Å². The van der Waals surface area contributed by atoms with E-state index in [0.29, 0.717) is 38.5 Å². The number of alkyl halides is 3. The number of carbonyl (C=O) groups excluding carboxylic acids is 1. The van der Waals surface area contributed by atoms with Gasteiger partial charge in [-0.05, 0) is 50.7 Å². The van der Waals surface area contributed by atoms with E-state index in [1.165, 1.54) is 10.4 Å². The highest BCUT2D eigenvalue weighted by molar-refractivity contribution is 7.89. The zero-order valence-electron chi connectivity index (χ0n) is 19.3. The molecule has 1 saturated heterocycles. The Balaban J connectivity index is 1.68. The monoisotopic (exact) mass is 497 g/mol. The molecule has 0 radical (unpaired) electrons. The molecule has 1 aliphatic rings. The van der Waals surface area contributed by atoms with Crippen LogP contribution in [0.3, 0.4) is 0 Å². The third-order valence-corrected chi connectivity index (χ3v) is 7.84. The van der Waals surface area contributed by atoms with Crippen LogP contribution in [-0.2, 0) is 27.5 Å². The van der Waals surface area contributed by atoms with E-state index >= 15 is 0 Å². The molecule has 34 heavy (non-hydrogen) atoms. The first kappa shape index (κ1) is 26.2. The van der Waals surface area contributed by atoms with E-state index in [2.05, 4.69) is 0 Å². The van der Waals surface area contributed by atoms with Gasteiger partial charge >= 0.3 is 6.18 Å². The van der Waals surface area contributed by atoms with Crippen molar-refractivity contribution in [3.05, 3.63) is 65.7 Å². The minimum Gasteiger partial charge on any atom is -0.337 e. The Morgan fingerprint density at radius 3 is 2.24 bits per heavy atom. The quantitative estimate of drug-likeness (QED) is 0.558. The molecule has 0 atom stereocenters. The Morgan fingerprint density at radius 1 is 1.00 bits per heavy atom.